The maximum atomic E-state index is 11.2. The minimum Gasteiger partial charge on any atom is -0.387 e. The lowest BCUT2D eigenvalue weighted by atomic mass is 10.0. The number of allylic oxidation sites excluding steroid dienone is 1. The molecule has 0 aliphatic rings. The van der Waals surface area contributed by atoms with Crippen LogP contribution in [0.5, 0.6) is 0 Å². The maximum absolute atomic E-state index is 11.2. The van der Waals surface area contributed by atoms with E-state index < -0.39 is 32.5 Å². The summed E-state index contributed by atoms with van der Waals surface area (Å²) in [7, 11) is -4.65. The zero-order valence-electron chi connectivity index (χ0n) is 17.5. The molecule has 0 aliphatic heterocycles. The molecule has 7 nitrogen and oxygen atoms in total. The van der Waals surface area contributed by atoms with Gasteiger partial charge in [-0.05, 0) is 12.8 Å². The Morgan fingerprint density at radius 3 is 1.96 bits per heavy atom. The molecule has 0 bridgehead atoms. The minimum atomic E-state index is -4.65. The molecule has 0 unspecified atom stereocenters. The molecule has 8 heteroatoms. The van der Waals surface area contributed by atoms with Gasteiger partial charge in [0.15, 0.2) is 0 Å². The second kappa shape index (κ2) is 17.2. The Bertz CT molecular complexity index is 466. The first-order chi connectivity index (χ1) is 13.3. The summed E-state index contributed by atoms with van der Waals surface area (Å²) >= 11 is 0. The Labute approximate surface area is 170 Å². The minimum absolute atomic E-state index is 0.405. The van der Waals surface area contributed by atoms with Crippen molar-refractivity contribution in [1.29, 1.82) is 0 Å². The molecule has 0 heterocycles. The van der Waals surface area contributed by atoms with Crippen molar-refractivity contribution in [2.75, 3.05) is 6.61 Å². The fraction of sp³-hybridized carbons (Fsp3) is 0.850. The predicted molar refractivity (Wildman–Crippen MR) is 112 cm³/mol. The SMILES string of the molecule is CCCCCCCCCCCCC/C=C/[C@@H](O)[C@H](COP(=O)(O)O)NC(C)=O. The highest BCUT2D eigenvalue weighted by molar-refractivity contribution is 7.46. The van der Waals surface area contributed by atoms with Gasteiger partial charge >= 0.3 is 7.82 Å². The van der Waals surface area contributed by atoms with Crippen LogP contribution in [0.3, 0.4) is 0 Å². The highest BCUT2D eigenvalue weighted by atomic mass is 31.2. The summed E-state index contributed by atoms with van der Waals surface area (Å²) in [6.45, 7) is 3.04. The third kappa shape index (κ3) is 18.6. The molecule has 0 radical (unpaired) electrons. The number of amides is 1. The average Bonchev–Trinajstić information content (AvgIpc) is 2.61. The number of aliphatic hydroxyl groups is 1. The van der Waals surface area contributed by atoms with Gasteiger partial charge in [-0.15, -0.1) is 0 Å². The summed E-state index contributed by atoms with van der Waals surface area (Å²) in [6, 6.07) is -0.904. The molecule has 0 aromatic heterocycles. The van der Waals surface area contributed by atoms with E-state index in [0.29, 0.717) is 0 Å². The van der Waals surface area contributed by atoms with E-state index in [1.54, 1.807) is 6.08 Å². The van der Waals surface area contributed by atoms with Gasteiger partial charge < -0.3 is 20.2 Å². The molecule has 4 N–H and O–H groups in total. The molecule has 0 spiro atoms. The van der Waals surface area contributed by atoms with Gasteiger partial charge in [0.2, 0.25) is 5.91 Å². The van der Waals surface area contributed by atoms with Crippen LogP contribution in [0.15, 0.2) is 12.2 Å². The van der Waals surface area contributed by atoms with Gasteiger partial charge in [-0.25, -0.2) is 4.57 Å². The van der Waals surface area contributed by atoms with Gasteiger partial charge in [0.25, 0.3) is 0 Å². The van der Waals surface area contributed by atoms with Crippen molar-refractivity contribution in [2.24, 2.45) is 0 Å². The Balaban J connectivity index is 3.84. The first-order valence-corrected chi connectivity index (χ1v) is 12.1. The summed E-state index contributed by atoms with van der Waals surface area (Å²) in [4.78, 5) is 28.7. The third-order valence-electron chi connectivity index (χ3n) is 4.53. The Hall–Kier alpha value is -0.720. The Morgan fingerprint density at radius 1 is 1.00 bits per heavy atom. The lowest BCUT2D eigenvalue weighted by Gasteiger charge is -2.21. The molecule has 1 amide bonds. The zero-order chi connectivity index (χ0) is 21.3. The van der Waals surface area contributed by atoms with Gasteiger partial charge in [0.05, 0.1) is 18.8 Å². The van der Waals surface area contributed by atoms with Gasteiger partial charge in [-0.2, -0.15) is 0 Å². The van der Waals surface area contributed by atoms with Crippen molar-refractivity contribution in [1.82, 2.24) is 5.32 Å². The molecular weight excluding hydrogens is 381 g/mol. The quantitative estimate of drug-likeness (QED) is 0.150. The summed E-state index contributed by atoms with van der Waals surface area (Å²) in [5.41, 5.74) is 0. The van der Waals surface area contributed by atoms with Crippen LogP contribution < -0.4 is 5.32 Å². The van der Waals surface area contributed by atoms with Gasteiger partial charge in [0, 0.05) is 6.92 Å². The summed E-state index contributed by atoms with van der Waals surface area (Å²) in [5, 5.41) is 12.5. The van der Waals surface area contributed by atoms with E-state index in [2.05, 4.69) is 16.8 Å². The molecule has 0 aliphatic carbocycles. The zero-order valence-corrected chi connectivity index (χ0v) is 18.4. The molecule has 0 saturated heterocycles. The number of hydrogen-bond acceptors (Lipinski definition) is 4. The van der Waals surface area contributed by atoms with Crippen LogP contribution in [0.4, 0.5) is 0 Å². The number of phosphoric ester groups is 1. The second-order valence-corrected chi connectivity index (χ2v) is 8.58. The van der Waals surface area contributed by atoms with Crippen molar-refractivity contribution < 1.29 is 28.8 Å². The predicted octanol–water partition coefficient (Wildman–Crippen LogP) is 4.22. The lowest BCUT2D eigenvalue weighted by molar-refractivity contribution is -0.120. The van der Waals surface area contributed by atoms with Crippen LogP contribution >= 0.6 is 7.82 Å². The lowest BCUT2D eigenvalue weighted by Crippen LogP contribution is -2.44. The summed E-state index contributed by atoms with van der Waals surface area (Å²) in [5.74, 6) is -0.405. The number of aliphatic hydroxyl groups excluding tert-OH is 1. The van der Waals surface area contributed by atoms with Crippen molar-refractivity contribution >= 4 is 13.7 Å². The first-order valence-electron chi connectivity index (χ1n) is 10.6. The van der Waals surface area contributed by atoms with Crippen molar-refractivity contribution in [3.8, 4) is 0 Å². The number of hydrogen-bond donors (Lipinski definition) is 4. The van der Waals surface area contributed by atoms with Crippen LogP contribution in [-0.2, 0) is 13.9 Å². The highest BCUT2D eigenvalue weighted by Crippen LogP contribution is 2.35. The van der Waals surface area contributed by atoms with Gasteiger partial charge in [-0.3, -0.25) is 9.32 Å². The van der Waals surface area contributed by atoms with E-state index >= 15 is 0 Å². The average molecular weight is 422 g/mol. The van der Waals surface area contributed by atoms with E-state index in [1.165, 1.54) is 64.7 Å². The van der Waals surface area contributed by atoms with Crippen LogP contribution in [-0.4, -0.2) is 39.6 Å². The molecule has 0 fully saturated rings. The normalized spacial score (nSPS) is 14.3. The van der Waals surface area contributed by atoms with Gasteiger partial charge in [0.1, 0.15) is 0 Å². The fourth-order valence-corrected chi connectivity index (χ4v) is 3.32. The largest absolute Gasteiger partial charge is 0.469 e. The molecule has 28 heavy (non-hydrogen) atoms. The van der Waals surface area contributed by atoms with Crippen molar-refractivity contribution in [2.45, 2.75) is 103 Å². The first kappa shape index (κ1) is 27.3. The molecule has 0 aromatic carbocycles. The topological polar surface area (TPSA) is 116 Å². The van der Waals surface area contributed by atoms with Crippen molar-refractivity contribution in [3.05, 3.63) is 12.2 Å². The number of nitrogens with one attached hydrogen (secondary N) is 1. The Kier molecular flexibility index (Phi) is 16.7. The smallest absolute Gasteiger partial charge is 0.387 e. The fourth-order valence-electron chi connectivity index (χ4n) is 2.96. The number of phosphoric acid groups is 1. The standard InChI is InChI=1S/C20H40NO6P/c1-3-4-5-6-7-8-9-10-11-12-13-14-15-16-20(23)19(21-18(2)22)17-27-28(24,25)26/h15-16,19-20,23H,3-14,17H2,1-2H3,(H,21,22)(H2,24,25,26)/b16-15+/t19-,20+/m0/s1. The highest BCUT2D eigenvalue weighted by Gasteiger charge is 2.23. The van der Waals surface area contributed by atoms with Crippen LogP contribution in [0.2, 0.25) is 0 Å². The molecular formula is C20H40NO6P. The summed E-state index contributed by atoms with van der Waals surface area (Å²) < 4.78 is 15.2. The number of unbranched alkanes of at least 4 members (excludes halogenated alkanes) is 11. The molecule has 166 valence electrons. The molecule has 0 saturated carbocycles. The molecule has 0 aromatic rings. The van der Waals surface area contributed by atoms with E-state index in [9.17, 15) is 14.5 Å². The number of rotatable bonds is 18. The second-order valence-electron chi connectivity index (χ2n) is 7.34. The van der Waals surface area contributed by atoms with Crippen molar-refractivity contribution in [3.63, 3.8) is 0 Å². The Morgan fingerprint density at radius 2 is 1.50 bits per heavy atom. The van der Waals surface area contributed by atoms with E-state index in [4.69, 9.17) is 9.79 Å². The van der Waals surface area contributed by atoms with E-state index in [1.807, 2.05) is 6.08 Å². The third-order valence-corrected chi connectivity index (χ3v) is 5.02. The monoisotopic (exact) mass is 421 g/mol. The molecule has 0 rings (SSSR count). The van der Waals surface area contributed by atoms with E-state index in [0.717, 1.165) is 19.3 Å². The number of carbonyl (C=O) groups is 1. The van der Waals surface area contributed by atoms with E-state index in [-0.39, 0.29) is 0 Å². The van der Waals surface area contributed by atoms with Crippen LogP contribution in [0.1, 0.15) is 90.9 Å². The molecule has 2 atom stereocenters. The number of carbonyl (C=O) groups excluding carboxylic acids is 1. The van der Waals surface area contributed by atoms with Gasteiger partial charge in [-0.1, -0.05) is 83.3 Å². The van der Waals surface area contributed by atoms with Crippen LogP contribution in [0.25, 0.3) is 0 Å². The summed E-state index contributed by atoms with van der Waals surface area (Å²) in [6.07, 6.45) is 17.1. The van der Waals surface area contributed by atoms with Crippen LogP contribution in [0, 0.1) is 0 Å². The maximum Gasteiger partial charge on any atom is 0.469 e.